The van der Waals surface area contributed by atoms with Crippen molar-refractivity contribution < 1.29 is 98.1 Å². The van der Waals surface area contributed by atoms with Crippen molar-refractivity contribution in [3.8, 4) is 0 Å². The van der Waals surface area contributed by atoms with Crippen molar-refractivity contribution in [2.24, 2.45) is 0 Å². The molecule has 0 bridgehead atoms. The zero-order valence-electron chi connectivity index (χ0n) is 19.6. The number of hydrogen-bond acceptors (Lipinski definition) is 12. The molecule has 1 aliphatic heterocycles. The van der Waals surface area contributed by atoms with Gasteiger partial charge in [-0.1, -0.05) is 0 Å². The van der Waals surface area contributed by atoms with Gasteiger partial charge in [0.15, 0.2) is 38.1 Å². The second-order valence-corrected chi connectivity index (χ2v) is 17.3. The van der Waals surface area contributed by atoms with Crippen molar-refractivity contribution in [1.29, 1.82) is 0 Å². The molecule has 1 aliphatic rings. The van der Waals surface area contributed by atoms with Crippen LogP contribution in [-0.2, 0) is 38.4 Å². The van der Waals surface area contributed by atoms with E-state index in [2.05, 4.69) is 9.80 Å². The molecule has 0 spiro atoms. The second-order valence-electron chi connectivity index (χ2n) is 6.65. The molecule has 0 amide bonds. The minimum Gasteiger partial charge on any atom is -0.759 e. The van der Waals surface area contributed by atoms with Crippen LogP contribution in [0.3, 0.4) is 0 Å². The quantitative estimate of drug-likeness (QED) is 0.0410. The van der Waals surface area contributed by atoms with Gasteiger partial charge in [-0.2, -0.15) is 0 Å². The third-order valence-corrected chi connectivity index (χ3v) is 12.1. The van der Waals surface area contributed by atoms with Crippen LogP contribution in [0, 0.1) is 0 Å². The molecule has 0 radical (unpaired) electrons. The van der Waals surface area contributed by atoms with E-state index < -0.39 is 42.1 Å². The average molecular weight is 688 g/mol. The summed E-state index contributed by atoms with van der Waals surface area (Å²) in [5.74, 6) is 0. The third kappa shape index (κ3) is 30.1. The number of aliphatic hydroxyl groups is 6. The first-order valence-electron chi connectivity index (χ1n) is 8.70. The maximum atomic E-state index is 9.73. The summed E-state index contributed by atoms with van der Waals surface area (Å²) in [7, 11) is -9.70. The van der Waals surface area contributed by atoms with Crippen molar-refractivity contribution in [2.75, 3.05) is 75.8 Å². The van der Waals surface area contributed by atoms with Gasteiger partial charge in [-0.05, 0) is 0 Å². The van der Waals surface area contributed by atoms with Gasteiger partial charge in [0.05, 0.1) is 31.7 Å². The predicted octanol–water partition coefficient (Wildman–Crippen LogP) is -7.58. The largest absolute Gasteiger partial charge is 2.00 e. The Morgan fingerprint density at radius 2 is 0.833 bits per heavy atom. The molecule has 24 heteroatoms. The van der Waals surface area contributed by atoms with Crippen LogP contribution >= 0.6 is 31.7 Å². The van der Waals surface area contributed by atoms with Crippen LogP contribution in [0.4, 0.5) is 0 Å². The monoisotopic (exact) mass is 688 g/mol. The molecule has 18 nitrogen and oxygen atoms in total. The topological polar surface area (TPSA) is 400 Å². The van der Waals surface area contributed by atoms with Crippen LogP contribution in [0.25, 0.3) is 0 Å². The van der Waals surface area contributed by atoms with E-state index in [1.54, 1.807) is 0 Å². The number of aliphatic hydroxyl groups excluding tert-OH is 6. The Labute approximate surface area is 225 Å². The van der Waals surface area contributed by atoms with Crippen molar-refractivity contribution in [1.82, 2.24) is 9.80 Å². The molecular weight excluding hydrogens is 640 g/mol. The molecule has 36 heavy (non-hydrogen) atoms. The number of hydrogen-bond donors (Lipinski definition) is 6. The fourth-order valence-electron chi connectivity index (χ4n) is 2.83. The summed E-state index contributed by atoms with van der Waals surface area (Å²) < 4.78 is 34.1. The van der Waals surface area contributed by atoms with Crippen molar-refractivity contribution in [3.05, 3.63) is 0 Å². The van der Waals surface area contributed by atoms with E-state index in [4.69, 9.17) is 17.5 Å². The van der Waals surface area contributed by atoms with Crippen LogP contribution in [0.2, 0.25) is 0 Å². The average Bonchev–Trinajstić information content (AvgIpc) is 2.65. The summed E-state index contributed by atoms with van der Waals surface area (Å²) in [6, 6.07) is 0. The van der Waals surface area contributed by atoms with Crippen molar-refractivity contribution in [2.45, 2.75) is 0 Å². The van der Waals surface area contributed by atoms with E-state index >= 15 is 0 Å². The Hall–Kier alpha value is 1.55. The normalized spacial score (nSPS) is 17.9. The molecule has 0 aromatic heterocycles. The van der Waals surface area contributed by atoms with Gasteiger partial charge in [-0.3, -0.25) is 8.42 Å². The van der Waals surface area contributed by atoms with Crippen LogP contribution in [-0.4, -0.2) is 156 Å². The zero-order valence-corrected chi connectivity index (χ0v) is 25.5. The Balaban J connectivity index is -0.0000000994. The molecule has 230 valence electrons. The molecule has 0 aliphatic carbocycles. The van der Waals surface area contributed by atoms with Gasteiger partial charge in [0, 0.05) is 10.4 Å². The van der Waals surface area contributed by atoms with E-state index in [1.165, 1.54) is 0 Å². The van der Waals surface area contributed by atoms with E-state index in [-0.39, 0.29) is 88.0 Å². The maximum absolute atomic E-state index is 9.73. The summed E-state index contributed by atoms with van der Waals surface area (Å²) in [5.41, 5.74) is 0. The van der Waals surface area contributed by atoms with Crippen molar-refractivity contribution >= 4 is 42.1 Å². The standard InChI is InChI=1S/C12H30N2O6P4.Fe.H2O4S.6H2O/c15-7-21-1-13(5-23(9-17)10-18)2-22(8-16)4-14(3-21)6-24(11-19)12-20;;1-5(2,3)4;;;;;;/h15-20H,1-12H2;;(H2,1,2,3,4);6*1H2/q;+2;;;;;;;/p+4. The van der Waals surface area contributed by atoms with Crippen LogP contribution < -0.4 is 0 Å². The SMILES string of the molecule is O.O.O.O.O=S(=O)([O-])[O-].OC[PH+](CO)CN1C[PH+](CO)CN(C[PH+](CO)CO)C[PH+](CO)C1.[Fe+2].[OH3+].[OH3+]. The minimum absolute atomic E-state index is 0. The molecule has 0 aromatic carbocycles. The number of rotatable bonds is 10. The Bertz CT molecular complexity index is 479. The van der Waals surface area contributed by atoms with E-state index in [1.807, 2.05) is 0 Å². The Morgan fingerprint density at radius 3 is 0.972 bits per heavy atom. The molecule has 0 atom stereocenters. The summed E-state index contributed by atoms with van der Waals surface area (Å²) in [5, 5.41) is 56.9. The third-order valence-electron chi connectivity index (χ3n) is 4.02. The molecule has 0 unspecified atom stereocenters. The first-order valence-corrected chi connectivity index (χ1v) is 18.5. The molecule has 1 rings (SSSR count). The van der Waals surface area contributed by atoms with E-state index in [9.17, 15) is 30.6 Å². The molecule has 0 saturated carbocycles. The maximum Gasteiger partial charge on any atom is 2.00 e. The van der Waals surface area contributed by atoms with Gasteiger partial charge in [0.25, 0.3) is 0 Å². The molecular formula is C12H48FeN2O16P4S+6. The van der Waals surface area contributed by atoms with Crippen LogP contribution in [0.5, 0.6) is 0 Å². The van der Waals surface area contributed by atoms with Gasteiger partial charge in [0.2, 0.25) is 0 Å². The zero-order chi connectivity index (χ0) is 22.4. The summed E-state index contributed by atoms with van der Waals surface area (Å²) in [6.07, 6.45) is 4.91. The number of nitrogens with zero attached hydrogens (tertiary/aromatic N) is 2. The Morgan fingerprint density at radius 1 is 0.639 bits per heavy atom. The van der Waals surface area contributed by atoms with Gasteiger partial charge in [-0.25, -0.2) is 9.80 Å². The molecule has 0 aromatic rings. The summed E-state index contributed by atoms with van der Waals surface area (Å²) in [6.45, 7) is 0. The van der Waals surface area contributed by atoms with Crippen molar-refractivity contribution in [3.63, 3.8) is 0 Å². The van der Waals surface area contributed by atoms with Crippen LogP contribution in [0.15, 0.2) is 0 Å². The molecule has 20 N–H and O–H groups in total. The van der Waals surface area contributed by atoms with Gasteiger partial charge in [0.1, 0.15) is 37.7 Å². The molecule has 1 heterocycles. The predicted molar refractivity (Wildman–Crippen MR) is 143 cm³/mol. The first-order chi connectivity index (χ1) is 13.6. The van der Waals surface area contributed by atoms with Gasteiger partial charge >= 0.3 is 17.1 Å². The molecule has 1 fully saturated rings. The molecule has 1 saturated heterocycles. The summed E-state index contributed by atoms with van der Waals surface area (Å²) in [4.78, 5) is 4.47. The fourth-order valence-corrected chi connectivity index (χ4v) is 10.5. The van der Waals surface area contributed by atoms with E-state index in [0.717, 1.165) is 25.1 Å². The minimum atomic E-state index is -5.17. The fraction of sp³-hybridized carbons (Fsp3) is 1.00. The second kappa shape index (κ2) is 32.8. The van der Waals surface area contributed by atoms with Crippen LogP contribution in [0.1, 0.15) is 0 Å². The summed E-state index contributed by atoms with van der Waals surface area (Å²) >= 11 is 0. The Kier molecular flexibility index (Phi) is 52.3. The smallest absolute Gasteiger partial charge is 0.759 e. The van der Waals surface area contributed by atoms with Gasteiger partial charge in [-0.15, -0.1) is 0 Å². The van der Waals surface area contributed by atoms with E-state index in [0.29, 0.717) is 12.6 Å². The van der Waals surface area contributed by atoms with Gasteiger partial charge < -0.3 is 72.6 Å². The first kappa shape index (κ1) is 57.4.